The molecule has 0 unspecified atom stereocenters. The first-order chi connectivity index (χ1) is 6.83. The fourth-order valence-electron chi connectivity index (χ4n) is 1.17. The lowest BCUT2D eigenvalue weighted by Gasteiger charge is -2.19. The number of carbonyl (C=O) groups is 1. The first kappa shape index (κ1) is 11.8. The van der Waals surface area contributed by atoms with Crippen molar-refractivity contribution < 1.29 is 15.0 Å². The molecule has 0 bridgehead atoms. The summed E-state index contributed by atoms with van der Waals surface area (Å²) in [6.45, 7) is 1.38. The van der Waals surface area contributed by atoms with Crippen molar-refractivity contribution in [2.75, 3.05) is 0 Å². The lowest BCUT2D eigenvalue weighted by Crippen LogP contribution is -2.46. The monoisotopic (exact) mass is 229 g/mol. The third-order valence-corrected chi connectivity index (χ3v) is 2.32. The average molecular weight is 230 g/mol. The Morgan fingerprint density at radius 1 is 1.60 bits per heavy atom. The predicted octanol–water partition coefficient (Wildman–Crippen LogP) is 1.39. The Morgan fingerprint density at radius 3 is 2.73 bits per heavy atom. The van der Waals surface area contributed by atoms with Gasteiger partial charge in [-0.25, -0.2) is 0 Å². The van der Waals surface area contributed by atoms with Gasteiger partial charge in [-0.3, -0.25) is 4.79 Å². The van der Waals surface area contributed by atoms with Gasteiger partial charge in [0.15, 0.2) is 0 Å². The number of rotatable bonds is 3. The van der Waals surface area contributed by atoms with Gasteiger partial charge in [-0.2, -0.15) is 0 Å². The molecule has 0 amide bonds. The largest absolute Gasteiger partial charge is 0.508 e. The van der Waals surface area contributed by atoms with Crippen LogP contribution in [0.5, 0.6) is 5.75 Å². The van der Waals surface area contributed by atoms with E-state index in [1.54, 1.807) is 0 Å². The summed E-state index contributed by atoms with van der Waals surface area (Å²) in [6.07, 6.45) is 0.0225. The molecule has 0 fully saturated rings. The highest BCUT2D eigenvalue weighted by molar-refractivity contribution is 6.30. The number of phenolic OH excluding ortho intramolecular Hbond substituents is 1. The molecule has 0 spiro atoms. The highest BCUT2D eigenvalue weighted by Gasteiger charge is 2.29. The molecule has 1 aromatic rings. The quantitative estimate of drug-likeness (QED) is 0.731. The van der Waals surface area contributed by atoms with Crippen LogP contribution in [0.1, 0.15) is 12.5 Å². The Bertz CT molecular complexity index is 390. The second-order valence-corrected chi connectivity index (χ2v) is 4.11. The van der Waals surface area contributed by atoms with Gasteiger partial charge in [-0.15, -0.1) is 0 Å². The number of carboxylic acids is 1. The van der Waals surface area contributed by atoms with Crippen molar-refractivity contribution in [2.24, 2.45) is 5.73 Å². The highest BCUT2D eigenvalue weighted by Crippen LogP contribution is 2.24. The summed E-state index contributed by atoms with van der Waals surface area (Å²) in [4.78, 5) is 10.8. The Kier molecular flexibility index (Phi) is 3.21. The summed E-state index contributed by atoms with van der Waals surface area (Å²) in [5.74, 6) is -1.13. The first-order valence-corrected chi connectivity index (χ1v) is 4.70. The standard InChI is InChI=1S/C10H12ClNO3/c1-10(12,9(14)15)5-6-4-7(11)2-3-8(6)13/h2-4,13H,5,12H2,1H3,(H,14,15)/t10-/m0/s1. The Hall–Kier alpha value is -1.26. The van der Waals surface area contributed by atoms with E-state index < -0.39 is 11.5 Å². The van der Waals surface area contributed by atoms with Gasteiger partial charge in [0.1, 0.15) is 11.3 Å². The molecule has 4 N–H and O–H groups in total. The number of carboxylic acid groups (broad SMARTS) is 1. The predicted molar refractivity (Wildman–Crippen MR) is 57.0 cm³/mol. The van der Waals surface area contributed by atoms with Crippen molar-refractivity contribution in [3.05, 3.63) is 28.8 Å². The molecule has 15 heavy (non-hydrogen) atoms. The SMILES string of the molecule is C[C@](N)(Cc1cc(Cl)ccc1O)C(=O)O. The smallest absolute Gasteiger partial charge is 0.323 e. The fourth-order valence-corrected chi connectivity index (χ4v) is 1.36. The van der Waals surface area contributed by atoms with E-state index in [1.807, 2.05) is 0 Å². The van der Waals surface area contributed by atoms with Gasteiger partial charge in [0.05, 0.1) is 0 Å². The van der Waals surface area contributed by atoms with E-state index in [9.17, 15) is 9.90 Å². The van der Waals surface area contributed by atoms with Gasteiger partial charge < -0.3 is 15.9 Å². The average Bonchev–Trinajstić information content (AvgIpc) is 2.10. The van der Waals surface area contributed by atoms with Crippen LogP contribution in [0.15, 0.2) is 18.2 Å². The molecule has 82 valence electrons. The van der Waals surface area contributed by atoms with Crippen LogP contribution < -0.4 is 5.73 Å². The van der Waals surface area contributed by atoms with E-state index in [0.29, 0.717) is 10.6 Å². The summed E-state index contributed by atoms with van der Waals surface area (Å²) in [5, 5.41) is 18.7. The van der Waals surface area contributed by atoms with Crippen LogP contribution in [-0.4, -0.2) is 21.7 Å². The lowest BCUT2D eigenvalue weighted by atomic mass is 9.94. The Balaban J connectivity index is 2.99. The summed E-state index contributed by atoms with van der Waals surface area (Å²) in [5.41, 5.74) is 4.57. The van der Waals surface area contributed by atoms with Crippen molar-refractivity contribution >= 4 is 17.6 Å². The minimum absolute atomic E-state index is 0.00248. The molecule has 0 aliphatic heterocycles. The molecule has 0 saturated carbocycles. The molecule has 1 atom stereocenters. The third kappa shape index (κ3) is 2.84. The van der Waals surface area contributed by atoms with E-state index >= 15 is 0 Å². The second kappa shape index (κ2) is 4.08. The Labute approximate surface area is 92.3 Å². The van der Waals surface area contributed by atoms with Gasteiger partial charge >= 0.3 is 5.97 Å². The van der Waals surface area contributed by atoms with Crippen LogP contribution in [0.2, 0.25) is 5.02 Å². The van der Waals surface area contributed by atoms with Crippen LogP contribution >= 0.6 is 11.6 Å². The molecule has 0 heterocycles. The van der Waals surface area contributed by atoms with Gasteiger partial charge in [0.25, 0.3) is 0 Å². The molecule has 0 radical (unpaired) electrons. The van der Waals surface area contributed by atoms with Gasteiger partial charge in [0, 0.05) is 11.4 Å². The maximum absolute atomic E-state index is 10.8. The molecule has 5 heteroatoms. The number of phenols is 1. The maximum Gasteiger partial charge on any atom is 0.323 e. The molecule has 0 aromatic heterocycles. The molecule has 4 nitrogen and oxygen atoms in total. The Morgan fingerprint density at radius 2 is 2.20 bits per heavy atom. The van der Waals surface area contributed by atoms with E-state index in [4.69, 9.17) is 22.4 Å². The molecule has 1 aromatic carbocycles. The molecule has 0 aliphatic rings. The molecule has 1 rings (SSSR count). The van der Waals surface area contributed by atoms with Crippen LogP contribution in [0.4, 0.5) is 0 Å². The van der Waals surface area contributed by atoms with Gasteiger partial charge in [-0.1, -0.05) is 11.6 Å². The number of hydrogen-bond donors (Lipinski definition) is 3. The van der Waals surface area contributed by atoms with Crippen molar-refractivity contribution in [1.82, 2.24) is 0 Å². The number of aromatic hydroxyl groups is 1. The van der Waals surface area contributed by atoms with Gasteiger partial charge in [-0.05, 0) is 30.7 Å². The van der Waals surface area contributed by atoms with E-state index in [0.717, 1.165) is 0 Å². The zero-order chi connectivity index (χ0) is 11.6. The lowest BCUT2D eigenvalue weighted by molar-refractivity contribution is -0.142. The first-order valence-electron chi connectivity index (χ1n) is 4.32. The molecule has 0 saturated heterocycles. The maximum atomic E-state index is 10.8. The number of halogens is 1. The molecular weight excluding hydrogens is 218 g/mol. The van der Waals surface area contributed by atoms with Crippen molar-refractivity contribution in [3.8, 4) is 5.75 Å². The normalized spacial score (nSPS) is 14.6. The molecule has 0 aliphatic carbocycles. The van der Waals surface area contributed by atoms with Crippen molar-refractivity contribution in [1.29, 1.82) is 0 Å². The van der Waals surface area contributed by atoms with Crippen molar-refractivity contribution in [2.45, 2.75) is 18.9 Å². The summed E-state index contributed by atoms with van der Waals surface area (Å²) < 4.78 is 0. The second-order valence-electron chi connectivity index (χ2n) is 3.67. The van der Waals surface area contributed by atoms with Crippen LogP contribution in [-0.2, 0) is 11.2 Å². The molecular formula is C10H12ClNO3. The van der Waals surface area contributed by atoms with Crippen LogP contribution in [0, 0.1) is 0 Å². The van der Waals surface area contributed by atoms with Crippen LogP contribution in [0.3, 0.4) is 0 Å². The number of nitrogens with two attached hydrogens (primary N) is 1. The number of aliphatic carboxylic acids is 1. The van der Waals surface area contributed by atoms with Crippen LogP contribution in [0.25, 0.3) is 0 Å². The minimum Gasteiger partial charge on any atom is -0.508 e. The van der Waals surface area contributed by atoms with E-state index in [1.165, 1.54) is 25.1 Å². The zero-order valence-electron chi connectivity index (χ0n) is 8.20. The number of hydrogen-bond acceptors (Lipinski definition) is 3. The van der Waals surface area contributed by atoms with Gasteiger partial charge in [0.2, 0.25) is 0 Å². The topological polar surface area (TPSA) is 83.5 Å². The van der Waals surface area contributed by atoms with E-state index in [-0.39, 0.29) is 12.2 Å². The summed E-state index contributed by atoms with van der Waals surface area (Å²) in [7, 11) is 0. The number of benzene rings is 1. The fraction of sp³-hybridized carbons (Fsp3) is 0.300. The zero-order valence-corrected chi connectivity index (χ0v) is 8.95. The summed E-state index contributed by atoms with van der Waals surface area (Å²) >= 11 is 5.73. The van der Waals surface area contributed by atoms with Crippen molar-refractivity contribution in [3.63, 3.8) is 0 Å². The third-order valence-electron chi connectivity index (χ3n) is 2.09. The minimum atomic E-state index is -1.41. The highest BCUT2D eigenvalue weighted by atomic mass is 35.5. The van der Waals surface area contributed by atoms with E-state index in [2.05, 4.69) is 0 Å². The summed E-state index contributed by atoms with van der Waals surface area (Å²) in [6, 6.07) is 4.44.